The lowest BCUT2D eigenvalue weighted by Gasteiger charge is -2.20. The predicted octanol–water partition coefficient (Wildman–Crippen LogP) is 2.63. The molecule has 5 nitrogen and oxygen atoms in total. The zero-order chi connectivity index (χ0) is 16.6. The molecule has 0 radical (unpaired) electrons. The minimum atomic E-state index is -3.78. The monoisotopic (exact) mass is 331 g/mol. The number of hydrogen-bond donors (Lipinski definition) is 1. The Labute approximate surface area is 135 Å². The van der Waals surface area contributed by atoms with Gasteiger partial charge in [-0.3, -0.25) is 9.10 Å². The number of benzene rings is 2. The zero-order valence-electron chi connectivity index (χ0n) is 12.6. The molecule has 0 aromatic heterocycles. The molecule has 1 aliphatic rings. The number of para-hydroxylation sites is 1. The molecule has 0 unspecified atom stereocenters. The summed E-state index contributed by atoms with van der Waals surface area (Å²) in [6.07, 6.45) is 0.734. The summed E-state index contributed by atoms with van der Waals surface area (Å²) in [6.45, 7) is 1.88. The van der Waals surface area contributed by atoms with E-state index in [0.717, 1.165) is 12.0 Å². The Hall–Kier alpha value is -2.34. The fourth-order valence-electron chi connectivity index (χ4n) is 2.86. The van der Waals surface area contributed by atoms with Gasteiger partial charge in [-0.15, -0.1) is 0 Å². The standard InChI is InChI=1S/C17H17NO4S/c1-2-12-6-5-7-13(10-12)23(21,22)18-11-15(17(19)20)14-8-3-4-9-16(14)18/h3-10,15H,2,11H2,1H3,(H,19,20)/t15-/m0/s1. The first kappa shape index (κ1) is 15.6. The van der Waals surface area contributed by atoms with E-state index in [-0.39, 0.29) is 11.4 Å². The number of aryl methyl sites for hydroxylation is 1. The molecular formula is C17H17NO4S. The minimum Gasteiger partial charge on any atom is -0.481 e. The van der Waals surface area contributed by atoms with Crippen LogP contribution in [0.15, 0.2) is 53.4 Å². The van der Waals surface area contributed by atoms with Crippen LogP contribution in [0.1, 0.15) is 24.0 Å². The van der Waals surface area contributed by atoms with Gasteiger partial charge in [-0.05, 0) is 35.7 Å². The Bertz CT molecular complexity index is 860. The second kappa shape index (κ2) is 5.70. The Morgan fingerprint density at radius 2 is 1.96 bits per heavy atom. The zero-order valence-corrected chi connectivity index (χ0v) is 13.5. The lowest BCUT2D eigenvalue weighted by molar-refractivity contribution is -0.138. The molecule has 0 bridgehead atoms. The van der Waals surface area contributed by atoms with E-state index < -0.39 is 21.9 Å². The van der Waals surface area contributed by atoms with E-state index in [0.29, 0.717) is 11.3 Å². The smallest absolute Gasteiger partial charge is 0.312 e. The van der Waals surface area contributed by atoms with Gasteiger partial charge in [0.25, 0.3) is 10.0 Å². The average molecular weight is 331 g/mol. The van der Waals surface area contributed by atoms with Gasteiger partial charge in [-0.25, -0.2) is 8.42 Å². The van der Waals surface area contributed by atoms with Crippen molar-refractivity contribution in [2.45, 2.75) is 24.2 Å². The summed E-state index contributed by atoms with van der Waals surface area (Å²) < 4.78 is 27.1. The first-order chi connectivity index (χ1) is 10.9. The summed E-state index contributed by atoms with van der Waals surface area (Å²) in [5.74, 6) is -1.85. The molecule has 0 fully saturated rings. The fourth-order valence-corrected chi connectivity index (χ4v) is 4.44. The second-order valence-corrected chi connectivity index (χ2v) is 7.35. The molecule has 1 heterocycles. The van der Waals surface area contributed by atoms with Crippen molar-refractivity contribution in [2.24, 2.45) is 0 Å². The molecule has 0 spiro atoms. The molecule has 0 saturated carbocycles. The van der Waals surface area contributed by atoms with Crippen molar-refractivity contribution >= 4 is 21.7 Å². The van der Waals surface area contributed by atoms with E-state index in [1.165, 1.54) is 4.31 Å². The van der Waals surface area contributed by atoms with E-state index in [1.807, 2.05) is 13.0 Å². The van der Waals surface area contributed by atoms with Gasteiger partial charge in [0.05, 0.1) is 17.1 Å². The van der Waals surface area contributed by atoms with Crippen LogP contribution < -0.4 is 4.31 Å². The molecule has 23 heavy (non-hydrogen) atoms. The van der Waals surface area contributed by atoms with Crippen molar-refractivity contribution in [3.05, 3.63) is 59.7 Å². The SMILES string of the molecule is CCc1cccc(S(=O)(=O)N2C[C@H](C(=O)O)c3ccccc32)c1. The Morgan fingerprint density at radius 3 is 2.65 bits per heavy atom. The van der Waals surface area contributed by atoms with Crippen LogP contribution >= 0.6 is 0 Å². The van der Waals surface area contributed by atoms with E-state index in [1.54, 1.807) is 42.5 Å². The molecule has 0 saturated heterocycles. The van der Waals surface area contributed by atoms with Gasteiger partial charge in [0.1, 0.15) is 5.92 Å². The summed E-state index contributed by atoms with van der Waals surface area (Å²) in [5.41, 5.74) is 1.91. The number of aliphatic carboxylic acids is 1. The highest BCUT2D eigenvalue weighted by Gasteiger charge is 2.39. The summed E-state index contributed by atoms with van der Waals surface area (Å²) >= 11 is 0. The number of carboxylic acid groups (broad SMARTS) is 1. The van der Waals surface area contributed by atoms with Crippen molar-refractivity contribution in [3.8, 4) is 0 Å². The van der Waals surface area contributed by atoms with Crippen molar-refractivity contribution in [2.75, 3.05) is 10.8 Å². The maximum absolute atomic E-state index is 13.0. The average Bonchev–Trinajstić information content (AvgIpc) is 2.95. The van der Waals surface area contributed by atoms with E-state index in [2.05, 4.69) is 0 Å². The lowest BCUT2D eigenvalue weighted by atomic mass is 10.0. The molecule has 1 N–H and O–H groups in total. The molecule has 0 amide bonds. The molecule has 2 aromatic rings. The minimum absolute atomic E-state index is 0.0760. The maximum atomic E-state index is 13.0. The van der Waals surface area contributed by atoms with Crippen LogP contribution in [0.4, 0.5) is 5.69 Å². The van der Waals surface area contributed by atoms with Gasteiger partial charge in [0.15, 0.2) is 0 Å². The van der Waals surface area contributed by atoms with Gasteiger partial charge in [-0.1, -0.05) is 37.3 Å². The molecule has 1 aliphatic heterocycles. The normalized spacial score (nSPS) is 17.1. The summed E-state index contributed by atoms with van der Waals surface area (Å²) in [5, 5.41) is 9.37. The highest BCUT2D eigenvalue weighted by Crippen LogP contribution is 2.39. The fraction of sp³-hybridized carbons (Fsp3) is 0.235. The largest absolute Gasteiger partial charge is 0.481 e. The summed E-state index contributed by atoms with van der Waals surface area (Å²) in [7, 11) is -3.78. The third kappa shape index (κ3) is 2.59. The number of carbonyl (C=O) groups is 1. The van der Waals surface area contributed by atoms with Crippen LogP contribution in [-0.2, 0) is 21.2 Å². The molecule has 2 aromatic carbocycles. The molecule has 0 aliphatic carbocycles. The van der Waals surface area contributed by atoms with Crippen LogP contribution in [-0.4, -0.2) is 26.0 Å². The maximum Gasteiger partial charge on any atom is 0.312 e. The molecule has 1 atom stereocenters. The van der Waals surface area contributed by atoms with Crippen LogP contribution in [0, 0.1) is 0 Å². The molecular weight excluding hydrogens is 314 g/mol. The van der Waals surface area contributed by atoms with Crippen molar-refractivity contribution in [1.29, 1.82) is 0 Å². The summed E-state index contributed by atoms with van der Waals surface area (Å²) in [6, 6.07) is 13.5. The number of fused-ring (bicyclic) bond motifs is 1. The van der Waals surface area contributed by atoms with Gasteiger partial charge >= 0.3 is 5.97 Å². The van der Waals surface area contributed by atoms with E-state index >= 15 is 0 Å². The number of anilines is 1. The van der Waals surface area contributed by atoms with Gasteiger partial charge in [0, 0.05) is 0 Å². The molecule has 3 rings (SSSR count). The second-order valence-electron chi connectivity index (χ2n) is 5.49. The third-order valence-corrected chi connectivity index (χ3v) is 5.90. The Balaban J connectivity index is 2.09. The van der Waals surface area contributed by atoms with E-state index in [9.17, 15) is 18.3 Å². The Kier molecular flexibility index (Phi) is 3.85. The highest BCUT2D eigenvalue weighted by atomic mass is 32.2. The number of nitrogens with zero attached hydrogens (tertiary/aromatic N) is 1. The topological polar surface area (TPSA) is 74.7 Å². The highest BCUT2D eigenvalue weighted by molar-refractivity contribution is 7.92. The van der Waals surface area contributed by atoms with Crippen LogP contribution in [0.2, 0.25) is 0 Å². The van der Waals surface area contributed by atoms with Crippen LogP contribution in [0.5, 0.6) is 0 Å². The number of carboxylic acids is 1. The quantitative estimate of drug-likeness (QED) is 0.934. The molecule has 120 valence electrons. The summed E-state index contributed by atoms with van der Waals surface area (Å²) in [4.78, 5) is 11.6. The number of hydrogen-bond acceptors (Lipinski definition) is 3. The van der Waals surface area contributed by atoms with Crippen molar-refractivity contribution in [3.63, 3.8) is 0 Å². The Morgan fingerprint density at radius 1 is 1.22 bits per heavy atom. The van der Waals surface area contributed by atoms with Gasteiger partial charge in [-0.2, -0.15) is 0 Å². The number of sulfonamides is 1. The van der Waals surface area contributed by atoms with Crippen molar-refractivity contribution in [1.82, 2.24) is 0 Å². The lowest BCUT2D eigenvalue weighted by Crippen LogP contribution is -2.31. The van der Waals surface area contributed by atoms with Gasteiger partial charge in [0.2, 0.25) is 0 Å². The van der Waals surface area contributed by atoms with Gasteiger partial charge < -0.3 is 5.11 Å². The van der Waals surface area contributed by atoms with Crippen LogP contribution in [0.3, 0.4) is 0 Å². The predicted molar refractivity (Wildman–Crippen MR) is 87.2 cm³/mol. The third-order valence-electron chi connectivity index (χ3n) is 4.12. The van der Waals surface area contributed by atoms with Crippen LogP contribution in [0.25, 0.3) is 0 Å². The van der Waals surface area contributed by atoms with E-state index in [4.69, 9.17) is 0 Å². The van der Waals surface area contributed by atoms with Crippen molar-refractivity contribution < 1.29 is 18.3 Å². The first-order valence-electron chi connectivity index (χ1n) is 7.38. The first-order valence-corrected chi connectivity index (χ1v) is 8.82. The number of rotatable bonds is 4. The molecule has 6 heteroatoms.